The van der Waals surface area contributed by atoms with Crippen LogP contribution >= 0.6 is 11.6 Å². The predicted molar refractivity (Wildman–Crippen MR) is 51.1 cm³/mol. The summed E-state index contributed by atoms with van der Waals surface area (Å²) < 4.78 is 0. The molecule has 1 aliphatic rings. The van der Waals surface area contributed by atoms with E-state index in [4.69, 9.17) is 11.6 Å². The van der Waals surface area contributed by atoms with Gasteiger partial charge in [0.2, 0.25) is 0 Å². The summed E-state index contributed by atoms with van der Waals surface area (Å²) in [5, 5.41) is 0. The molecule has 0 spiro atoms. The van der Waals surface area contributed by atoms with Gasteiger partial charge in [0.15, 0.2) is 0 Å². The summed E-state index contributed by atoms with van der Waals surface area (Å²) in [7, 11) is 0. The summed E-state index contributed by atoms with van der Waals surface area (Å²) in [6.07, 6.45) is 6.77. The van der Waals surface area contributed by atoms with Gasteiger partial charge in [-0.05, 0) is 30.6 Å². The molecule has 1 heteroatoms. The molecule has 0 heterocycles. The molecule has 11 heavy (non-hydrogen) atoms. The minimum atomic E-state index is 0.553. The average molecular weight is 175 g/mol. The summed E-state index contributed by atoms with van der Waals surface area (Å²) in [4.78, 5) is 0. The van der Waals surface area contributed by atoms with Gasteiger partial charge in [0.1, 0.15) is 0 Å². The van der Waals surface area contributed by atoms with Crippen LogP contribution in [0.5, 0.6) is 0 Å². The van der Waals surface area contributed by atoms with Crippen LogP contribution in [0.1, 0.15) is 46.0 Å². The largest absolute Gasteiger partial charge is 0.126 e. The molecule has 0 N–H and O–H groups in total. The van der Waals surface area contributed by atoms with E-state index in [2.05, 4.69) is 13.8 Å². The van der Waals surface area contributed by atoms with Crippen LogP contribution in [0.25, 0.3) is 0 Å². The van der Waals surface area contributed by atoms with E-state index < -0.39 is 0 Å². The van der Waals surface area contributed by atoms with Crippen LogP contribution in [0, 0.1) is 11.3 Å². The van der Waals surface area contributed by atoms with Crippen molar-refractivity contribution in [1.29, 1.82) is 0 Å². The molecule has 0 aromatic carbocycles. The maximum atomic E-state index is 5.96. The Morgan fingerprint density at radius 1 is 1.45 bits per heavy atom. The topological polar surface area (TPSA) is 0 Å². The normalized spacial score (nSPS) is 36.8. The lowest BCUT2D eigenvalue weighted by atomic mass is 9.61. The van der Waals surface area contributed by atoms with Crippen molar-refractivity contribution in [2.45, 2.75) is 46.0 Å². The lowest BCUT2D eigenvalue weighted by molar-refractivity contribution is 0.0788. The Balaban J connectivity index is 2.26. The number of rotatable bonds is 4. The lowest BCUT2D eigenvalue weighted by Crippen LogP contribution is -2.37. The molecular formula is C10H19Cl. The van der Waals surface area contributed by atoms with E-state index in [0.717, 1.165) is 11.8 Å². The van der Waals surface area contributed by atoms with E-state index in [0.29, 0.717) is 5.41 Å². The first kappa shape index (κ1) is 9.38. The fraction of sp³-hybridized carbons (Fsp3) is 1.00. The summed E-state index contributed by atoms with van der Waals surface area (Å²) in [6.45, 7) is 4.58. The highest BCUT2D eigenvalue weighted by atomic mass is 35.5. The molecule has 0 unspecified atom stereocenters. The highest BCUT2D eigenvalue weighted by Crippen LogP contribution is 2.49. The molecule has 0 amide bonds. The molecule has 0 nitrogen and oxygen atoms in total. The third kappa shape index (κ3) is 2.11. The van der Waals surface area contributed by atoms with E-state index in [1.807, 2.05) is 0 Å². The van der Waals surface area contributed by atoms with Crippen LogP contribution < -0.4 is 0 Å². The average Bonchev–Trinajstić information content (AvgIpc) is 1.96. The molecule has 1 aliphatic carbocycles. The molecule has 0 atom stereocenters. The Labute approximate surface area is 75.3 Å². The first-order valence-electron chi connectivity index (χ1n) is 4.78. The number of hydrogen-bond donors (Lipinski definition) is 0. The Morgan fingerprint density at radius 2 is 2.09 bits per heavy atom. The summed E-state index contributed by atoms with van der Waals surface area (Å²) in [6, 6.07) is 0. The zero-order chi connectivity index (χ0) is 8.32. The number of halogens is 1. The van der Waals surface area contributed by atoms with Gasteiger partial charge >= 0.3 is 0 Å². The molecule has 0 radical (unpaired) electrons. The van der Waals surface area contributed by atoms with Crippen molar-refractivity contribution in [3.8, 4) is 0 Å². The quantitative estimate of drug-likeness (QED) is 0.569. The molecular weight excluding hydrogens is 156 g/mol. The predicted octanol–water partition coefficient (Wildman–Crippen LogP) is 3.83. The van der Waals surface area contributed by atoms with Crippen LogP contribution in [-0.4, -0.2) is 5.88 Å². The zero-order valence-corrected chi connectivity index (χ0v) is 8.45. The van der Waals surface area contributed by atoms with Gasteiger partial charge in [-0.3, -0.25) is 0 Å². The van der Waals surface area contributed by atoms with E-state index >= 15 is 0 Å². The van der Waals surface area contributed by atoms with E-state index in [1.54, 1.807) is 0 Å². The minimum Gasteiger partial charge on any atom is -0.126 e. The standard InChI is InChI=1S/C10H19Cl/c1-3-4-5-10(8-11)6-9(2)7-10/h9H,3-8H2,1-2H3. The Morgan fingerprint density at radius 3 is 2.45 bits per heavy atom. The SMILES string of the molecule is CCCCC1(CCl)CC(C)C1. The van der Waals surface area contributed by atoms with Gasteiger partial charge in [0.05, 0.1) is 0 Å². The van der Waals surface area contributed by atoms with Crippen molar-refractivity contribution in [3.63, 3.8) is 0 Å². The zero-order valence-electron chi connectivity index (χ0n) is 7.70. The smallest absolute Gasteiger partial charge is 0.0280 e. The molecule has 0 saturated heterocycles. The van der Waals surface area contributed by atoms with Crippen LogP contribution in [0.4, 0.5) is 0 Å². The molecule has 66 valence electrons. The van der Waals surface area contributed by atoms with Gasteiger partial charge in [0.25, 0.3) is 0 Å². The minimum absolute atomic E-state index is 0.553. The van der Waals surface area contributed by atoms with Crippen molar-refractivity contribution >= 4 is 11.6 Å². The summed E-state index contributed by atoms with van der Waals surface area (Å²) in [5.74, 6) is 1.82. The van der Waals surface area contributed by atoms with Crippen molar-refractivity contribution in [3.05, 3.63) is 0 Å². The fourth-order valence-electron chi connectivity index (χ4n) is 2.35. The fourth-order valence-corrected chi connectivity index (χ4v) is 2.70. The van der Waals surface area contributed by atoms with Crippen LogP contribution in [0.15, 0.2) is 0 Å². The van der Waals surface area contributed by atoms with Crippen LogP contribution in [-0.2, 0) is 0 Å². The monoisotopic (exact) mass is 174 g/mol. The van der Waals surface area contributed by atoms with Gasteiger partial charge in [0, 0.05) is 5.88 Å². The van der Waals surface area contributed by atoms with E-state index in [1.165, 1.54) is 32.1 Å². The third-order valence-corrected chi connectivity index (χ3v) is 3.47. The van der Waals surface area contributed by atoms with Gasteiger partial charge in [-0.15, -0.1) is 11.6 Å². The first-order valence-corrected chi connectivity index (χ1v) is 5.32. The number of hydrogen-bond acceptors (Lipinski definition) is 0. The number of alkyl halides is 1. The second-order valence-electron chi connectivity index (χ2n) is 4.25. The lowest BCUT2D eigenvalue weighted by Gasteiger charge is -2.45. The molecule has 1 saturated carbocycles. The van der Waals surface area contributed by atoms with Crippen LogP contribution in [0.2, 0.25) is 0 Å². The maximum Gasteiger partial charge on any atom is 0.0280 e. The van der Waals surface area contributed by atoms with Crippen LogP contribution in [0.3, 0.4) is 0 Å². The maximum absolute atomic E-state index is 5.96. The second kappa shape index (κ2) is 3.80. The van der Waals surface area contributed by atoms with E-state index in [9.17, 15) is 0 Å². The molecule has 0 bridgehead atoms. The molecule has 0 aromatic heterocycles. The van der Waals surface area contributed by atoms with Crippen molar-refractivity contribution in [2.75, 3.05) is 5.88 Å². The Bertz CT molecular complexity index is 114. The molecule has 0 aliphatic heterocycles. The Hall–Kier alpha value is 0.290. The van der Waals surface area contributed by atoms with Crippen molar-refractivity contribution in [1.82, 2.24) is 0 Å². The molecule has 0 aromatic rings. The summed E-state index contributed by atoms with van der Waals surface area (Å²) >= 11 is 5.96. The van der Waals surface area contributed by atoms with Gasteiger partial charge in [-0.2, -0.15) is 0 Å². The van der Waals surface area contributed by atoms with Crippen molar-refractivity contribution in [2.24, 2.45) is 11.3 Å². The van der Waals surface area contributed by atoms with Gasteiger partial charge < -0.3 is 0 Å². The van der Waals surface area contributed by atoms with Crippen molar-refractivity contribution < 1.29 is 0 Å². The van der Waals surface area contributed by atoms with Gasteiger partial charge in [-0.25, -0.2) is 0 Å². The first-order chi connectivity index (χ1) is 5.22. The second-order valence-corrected chi connectivity index (χ2v) is 4.52. The highest BCUT2D eigenvalue weighted by Gasteiger charge is 2.40. The summed E-state index contributed by atoms with van der Waals surface area (Å²) in [5.41, 5.74) is 0.553. The Kier molecular flexibility index (Phi) is 3.24. The van der Waals surface area contributed by atoms with Gasteiger partial charge in [-0.1, -0.05) is 26.7 Å². The molecule has 1 rings (SSSR count). The number of unbranched alkanes of at least 4 members (excludes halogenated alkanes) is 1. The van der Waals surface area contributed by atoms with E-state index in [-0.39, 0.29) is 0 Å². The molecule has 1 fully saturated rings. The third-order valence-electron chi connectivity index (χ3n) is 2.91. The highest BCUT2D eigenvalue weighted by molar-refractivity contribution is 6.18.